The summed E-state index contributed by atoms with van der Waals surface area (Å²) in [4.78, 5) is 10.9. The first-order valence-corrected chi connectivity index (χ1v) is 10.5. The zero-order valence-electron chi connectivity index (χ0n) is 15.7. The van der Waals surface area contributed by atoms with Crippen LogP contribution < -0.4 is 4.74 Å². The lowest BCUT2D eigenvalue weighted by atomic mass is 9.46. The molecule has 4 saturated carbocycles. The predicted octanol–water partition coefficient (Wildman–Crippen LogP) is 5.60. The molecule has 3 unspecified atom stereocenters. The Morgan fingerprint density at radius 3 is 2.34 bits per heavy atom. The second-order valence-corrected chi connectivity index (χ2v) is 10.0. The zero-order valence-corrected chi connectivity index (χ0v) is 17.2. The highest BCUT2D eigenvalue weighted by molar-refractivity contribution is 6.32. The van der Waals surface area contributed by atoms with Gasteiger partial charge in [0.1, 0.15) is 12.4 Å². The summed E-state index contributed by atoms with van der Waals surface area (Å²) in [7, 11) is 1.45. The molecule has 4 aliphatic carbocycles. The lowest BCUT2D eigenvalue weighted by molar-refractivity contribution is -0.650. The Balaban J connectivity index is 1.60. The number of rotatable bonds is 4. The van der Waals surface area contributed by atoms with Crippen LogP contribution in [0.15, 0.2) is 18.2 Å². The molecule has 6 rings (SSSR count). The van der Waals surface area contributed by atoms with E-state index in [1.165, 1.54) is 7.11 Å². The number of benzene rings is 1. The Bertz CT molecular complexity index is 816. The van der Waals surface area contributed by atoms with Gasteiger partial charge in [0.25, 0.3) is 5.79 Å². The first-order valence-electron chi connectivity index (χ1n) is 9.71. The van der Waals surface area contributed by atoms with Gasteiger partial charge in [0.15, 0.2) is 5.60 Å². The van der Waals surface area contributed by atoms with Crippen molar-refractivity contribution in [3.63, 3.8) is 0 Å². The molecule has 4 bridgehead atoms. The van der Waals surface area contributed by atoms with Gasteiger partial charge < -0.3 is 9.47 Å². The molecule has 5 aliphatic rings. The second kappa shape index (κ2) is 6.39. The number of hydrogen-bond donors (Lipinski definition) is 0. The normalized spacial score (nSPS) is 42.9. The van der Waals surface area contributed by atoms with Crippen molar-refractivity contribution in [2.24, 2.45) is 17.8 Å². The van der Waals surface area contributed by atoms with Crippen molar-refractivity contribution in [2.75, 3.05) is 13.7 Å². The van der Waals surface area contributed by atoms with Gasteiger partial charge in [0.2, 0.25) is 0 Å². The Morgan fingerprint density at radius 2 is 1.83 bits per heavy atom. The summed E-state index contributed by atoms with van der Waals surface area (Å²) in [6.45, 7) is -1.45. The summed E-state index contributed by atoms with van der Waals surface area (Å²) in [5.41, 5.74) is -0.600. The maximum atomic E-state index is 13.2. The summed E-state index contributed by atoms with van der Waals surface area (Å²) >= 11 is 13.0. The highest BCUT2D eigenvalue weighted by atomic mass is 35.5. The largest absolute Gasteiger partial charge is 0.495 e. The van der Waals surface area contributed by atoms with E-state index >= 15 is 0 Å². The van der Waals surface area contributed by atoms with Crippen LogP contribution in [0.5, 0.6) is 5.75 Å². The van der Waals surface area contributed by atoms with Crippen molar-refractivity contribution in [1.29, 1.82) is 0 Å². The smallest absolute Gasteiger partial charge is 0.411 e. The molecule has 1 aromatic rings. The van der Waals surface area contributed by atoms with Crippen molar-refractivity contribution in [3.8, 4) is 5.75 Å². The Hall–Kier alpha value is -0.730. The summed E-state index contributed by atoms with van der Waals surface area (Å²) in [5, 5.41) is 0.348. The van der Waals surface area contributed by atoms with E-state index in [9.17, 15) is 13.2 Å². The highest BCUT2D eigenvalue weighted by Gasteiger charge is 2.78. The molecule has 29 heavy (non-hydrogen) atoms. The van der Waals surface area contributed by atoms with Gasteiger partial charge in [-0.3, -0.25) is 0 Å². The number of ether oxygens (including phenoxy) is 2. The molecule has 9 heteroatoms. The molecule has 4 nitrogen and oxygen atoms in total. The molecule has 3 atom stereocenters. The zero-order chi connectivity index (χ0) is 20.7. The first kappa shape index (κ1) is 20.2. The topological polar surface area (TPSA) is 36.9 Å². The minimum atomic E-state index is -4.51. The lowest BCUT2D eigenvalue weighted by Crippen LogP contribution is -2.78. The molecule has 1 spiro atoms. The molecule has 0 amide bonds. The van der Waals surface area contributed by atoms with Crippen molar-refractivity contribution >= 4 is 23.2 Å². The average Bonchev–Trinajstić information content (AvgIpc) is 2.60. The lowest BCUT2D eigenvalue weighted by Gasteiger charge is -2.70. The fraction of sp³-hybridized carbons (Fsp3) is 0.700. The van der Waals surface area contributed by atoms with Crippen molar-refractivity contribution in [3.05, 3.63) is 28.8 Å². The molecule has 1 saturated heterocycles. The van der Waals surface area contributed by atoms with Gasteiger partial charge in [0, 0.05) is 10.4 Å². The molecule has 1 aromatic carbocycles. The third-order valence-electron chi connectivity index (χ3n) is 7.11. The van der Waals surface area contributed by atoms with Gasteiger partial charge in [-0.25, -0.2) is 4.89 Å². The van der Waals surface area contributed by atoms with E-state index in [0.29, 0.717) is 35.1 Å². The molecule has 0 aromatic heterocycles. The summed E-state index contributed by atoms with van der Waals surface area (Å²) < 4.78 is 50.3. The van der Waals surface area contributed by atoms with Crippen LogP contribution in [0, 0.1) is 17.8 Å². The number of hydrogen-bond acceptors (Lipinski definition) is 4. The van der Waals surface area contributed by atoms with Gasteiger partial charge in [-0.05, 0) is 62.0 Å². The highest BCUT2D eigenvalue weighted by Crippen LogP contribution is 2.71. The van der Waals surface area contributed by atoms with Crippen molar-refractivity contribution in [2.45, 2.75) is 54.5 Å². The second-order valence-electron chi connectivity index (χ2n) is 8.82. The number of alkyl halides is 4. The maximum absolute atomic E-state index is 13.2. The van der Waals surface area contributed by atoms with Crippen LogP contribution in [0.3, 0.4) is 0 Å². The average molecular weight is 453 g/mol. The predicted molar refractivity (Wildman–Crippen MR) is 98.7 cm³/mol. The molecule has 1 aliphatic heterocycles. The molecular weight excluding hydrogens is 432 g/mol. The van der Waals surface area contributed by atoms with E-state index < -0.39 is 24.2 Å². The van der Waals surface area contributed by atoms with Crippen LogP contribution >= 0.6 is 23.2 Å². The fourth-order valence-corrected chi connectivity index (χ4v) is 7.09. The van der Waals surface area contributed by atoms with Gasteiger partial charge in [0.05, 0.1) is 12.1 Å². The molecule has 160 valence electrons. The van der Waals surface area contributed by atoms with Gasteiger partial charge in [-0.15, -0.1) is 11.6 Å². The van der Waals surface area contributed by atoms with Gasteiger partial charge >= 0.3 is 6.18 Å². The third kappa shape index (κ3) is 2.84. The maximum Gasteiger partial charge on any atom is 0.411 e. The van der Waals surface area contributed by atoms with Crippen LogP contribution in [0.1, 0.15) is 37.7 Å². The van der Waals surface area contributed by atoms with Crippen LogP contribution in [-0.4, -0.2) is 30.4 Å². The van der Waals surface area contributed by atoms with E-state index in [-0.39, 0.29) is 16.7 Å². The molecular formula is C20H21Cl2F3O4. The minimum absolute atomic E-state index is 0.0464. The summed E-state index contributed by atoms with van der Waals surface area (Å²) in [6, 6.07) is 4.76. The van der Waals surface area contributed by atoms with Crippen molar-refractivity contribution < 1.29 is 32.4 Å². The standard InChI is InChI=1S/C20H21Cl2F3O4/c1-26-16-6-12(2-3-15(16)21)20(27-10-18(23,24)25)19(28-29-20)13-4-11-5-14(19)9-17(22,7-11)8-13/h2-3,6,11,13-14H,4-5,7-10H2,1H3. The van der Waals surface area contributed by atoms with Crippen LogP contribution in [0.25, 0.3) is 0 Å². The monoisotopic (exact) mass is 452 g/mol. The van der Waals surface area contributed by atoms with Crippen molar-refractivity contribution in [1.82, 2.24) is 0 Å². The van der Waals surface area contributed by atoms with Gasteiger partial charge in [-0.1, -0.05) is 17.7 Å². The quantitative estimate of drug-likeness (QED) is 0.440. The first-order chi connectivity index (χ1) is 13.6. The van der Waals surface area contributed by atoms with Gasteiger partial charge in [-0.2, -0.15) is 18.1 Å². The Kier molecular flexibility index (Phi) is 4.45. The van der Waals surface area contributed by atoms with Crippen LogP contribution in [-0.2, 0) is 20.3 Å². The Labute approximate surface area is 176 Å². The molecule has 0 radical (unpaired) electrons. The van der Waals surface area contributed by atoms with E-state index in [1.54, 1.807) is 18.2 Å². The van der Waals surface area contributed by atoms with Crippen LogP contribution in [0.2, 0.25) is 5.02 Å². The summed E-state index contributed by atoms with van der Waals surface area (Å²) in [6.07, 6.45) is -0.529. The third-order valence-corrected chi connectivity index (χ3v) is 7.88. The number of methoxy groups -OCH3 is 1. The summed E-state index contributed by atoms with van der Waals surface area (Å²) in [5.74, 6) is -0.983. The molecule has 5 fully saturated rings. The Morgan fingerprint density at radius 1 is 1.14 bits per heavy atom. The van der Waals surface area contributed by atoms with E-state index in [1.807, 2.05) is 0 Å². The van der Waals surface area contributed by atoms with E-state index in [0.717, 1.165) is 19.3 Å². The van der Waals surface area contributed by atoms with E-state index in [4.69, 9.17) is 42.5 Å². The number of halogens is 5. The SMILES string of the molecule is COc1cc(C2(OCC(F)(F)F)OOC23C2CC4CC3CC(Cl)(C4)C2)ccc1Cl. The minimum Gasteiger partial charge on any atom is -0.495 e. The van der Waals surface area contributed by atoms with Crippen LogP contribution in [0.4, 0.5) is 13.2 Å². The molecule has 0 N–H and O–H groups in total. The molecule has 1 heterocycles. The van der Waals surface area contributed by atoms with E-state index in [2.05, 4.69) is 0 Å². The fourth-order valence-electron chi connectivity index (χ4n) is 6.30.